The standard InChI is InChI=1S/C20H26N4O2/c1-13(18-22-16-7-2-3-8-17(16)23-18)21-19(25)14-9-11-24(12-10-14)20(26)15-5-4-6-15/h2-3,7-8,13-15H,4-6,9-12H2,1H3,(H,21,25)(H,22,23). The maximum absolute atomic E-state index is 12.6. The van der Waals surface area contributed by atoms with Gasteiger partial charge >= 0.3 is 0 Å². The van der Waals surface area contributed by atoms with Gasteiger partial charge in [-0.2, -0.15) is 0 Å². The number of H-pyrrole nitrogens is 1. The van der Waals surface area contributed by atoms with Crippen molar-refractivity contribution in [3.63, 3.8) is 0 Å². The van der Waals surface area contributed by atoms with E-state index in [1.807, 2.05) is 36.1 Å². The lowest BCUT2D eigenvalue weighted by Gasteiger charge is -2.36. The summed E-state index contributed by atoms with van der Waals surface area (Å²) >= 11 is 0. The van der Waals surface area contributed by atoms with E-state index in [2.05, 4.69) is 15.3 Å². The number of hydrogen-bond acceptors (Lipinski definition) is 3. The van der Waals surface area contributed by atoms with Crippen molar-refractivity contribution in [3.8, 4) is 0 Å². The third-order valence-electron chi connectivity index (χ3n) is 5.81. The number of fused-ring (bicyclic) bond motifs is 1. The van der Waals surface area contributed by atoms with Crippen molar-refractivity contribution in [2.24, 2.45) is 11.8 Å². The van der Waals surface area contributed by atoms with E-state index in [1.165, 1.54) is 6.42 Å². The van der Waals surface area contributed by atoms with Crippen LogP contribution >= 0.6 is 0 Å². The van der Waals surface area contributed by atoms with Crippen LogP contribution in [0.25, 0.3) is 11.0 Å². The molecule has 6 heteroatoms. The monoisotopic (exact) mass is 354 g/mol. The number of carbonyl (C=O) groups is 2. The van der Waals surface area contributed by atoms with Gasteiger partial charge in [0.25, 0.3) is 0 Å². The number of benzene rings is 1. The lowest BCUT2D eigenvalue weighted by atomic mass is 9.83. The zero-order chi connectivity index (χ0) is 18.1. The van der Waals surface area contributed by atoms with Crippen LogP contribution in [0, 0.1) is 11.8 Å². The van der Waals surface area contributed by atoms with E-state index in [0.29, 0.717) is 19.0 Å². The fourth-order valence-corrected chi connectivity index (χ4v) is 3.85. The number of para-hydroxylation sites is 2. The summed E-state index contributed by atoms with van der Waals surface area (Å²) in [6.45, 7) is 3.35. The van der Waals surface area contributed by atoms with Crippen LogP contribution in [0.1, 0.15) is 50.9 Å². The molecule has 2 heterocycles. The van der Waals surface area contributed by atoms with Crippen molar-refractivity contribution in [3.05, 3.63) is 30.1 Å². The largest absolute Gasteiger partial charge is 0.346 e. The van der Waals surface area contributed by atoms with Gasteiger partial charge in [0.05, 0.1) is 17.1 Å². The molecule has 2 fully saturated rings. The van der Waals surface area contributed by atoms with E-state index >= 15 is 0 Å². The predicted molar refractivity (Wildman–Crippen MR) is 99.3 cm³/mol. The third kappa shape index (κ3) is 3.32. The highest BCUT2D eigenvalue weighted by atomic mass is 16.2. The summed E-state index contributed by atoms with van der Waals surface area (Å²) in [5.41, 5.74) is 1.89. The first-order chi connectivity index (χ1) is 12.6. The molecule has 1 atom stereocenters. The summed E-state index contributed by atoms with van der Waals surface area (Å²) in [7, 11) is 0. The summed E-state index contributed by atoms with van der Waals surface area (Å²) in [6.07, 6.45) is 4.74. The van der Waals surface area contributed by atoms with E-state index in [0.717, 1.165) is 42.5 Å². The van der Waals surface area contributed by atoms with Crippen LogP contribution in [0.15, 0.2) is 24.3 Å². The first kappa shape index (κ1) is 17.1. The Hall–Kier alpha value is -2.37. The Bertz CT molecular complexity index is 770. The van der Waals surface area contributed by atoms with E-state index in [9.17, 15) is 9.59 Å². The van der Waals surface area contributed by atoms with Crippen molar-refractivity contribution in [2.75, 3.05) is 13.1 Å². The van der Waals surface area contributed by atoms with Gasteiger partial charge in [0.1, 0.15) is 5.82 Å². The van der Waals surface area contributed by atoms with Crippen LogP contribution in [0.5, 0.6) is 0 Å². The fourth-order valence-electron chi connectivity index (χ4n) is 3.85. The predicted octanol–water partition coefficient (Wildman–Crippen LogP) is 2.78. The minimum atomic E-state index is -0.162. The van der Waals surface area contributed by atoms with Crippen molar-refractivity contribution < 1.29 is 9.59 Å². The number of imidazole rings is 1. The quantitative estimate of drug-likeness (QED) is 0.886. The number of amides is 2. The zero-order valence-electron chi connectivity index (χ0n) is 15.2. The van der Waals surface area contributed by atoms with Gasteiger partial charge in [-0.15, -0.1) is 0 Å². The molecule has 1 saturated heterocycles. The Balaban J connectivity index is 1.31. The summed E-state index contributed by atoms with van der Waals surface area (Å²) in [5.74, 6) is 1.36. The Kier molecular flexibility index (Phi) is 4.66. The van der Waals surface area contributed by atoms with Crippen molar-refractivity contribution in [1.29, 1.82) is 0 Å². The molecule has 1 aromatic carbocycles. The van der Waals surface area contributed by atoms with Gasteiger partial charge in [0, 0.05) is 24.9 Å². The van der Waals surface area contributed by atoms with Gasteiger partial charge in [0.2, 0.25) is 11.8 Å². The van der Waals surface area contributed by atoms with Crippen molar-refractivity contribution >= 4 is 22.8 Å². The number of carbonyl (C=O) groups excluding carboxylic acids is 2. The molecule has 26 heavy (non-hydrogen) atoms. The highest BCUT2D eigenvalue weighted by Crippen LogP contribution is 2.30. The molecule has 1 aliphatic heterocycles. The fraction of sp³-hybridized carbons (Fsp3) is 0.550. The van der Waals surface area contributed by atoms with Crippen molar-refractivity contribution in [2.45, 2.75) is 45.1 Å². The highest BCUT2D eigenvalue weighted by Gasteiger charge is 2.33. The average molecular weight is 354 g/mol. The molecular formula is C20H26N4O2. The smallest absolute Gasteiger partial charge is 0.225 e. The zero-order valence-corrected chi connectivity index (χ0v) is 15.2. The molecule has 1 unspecified atom stereocenters. The highest BCUT2D eigenvalue weighted by molar-refractivity contribution is 5.82. The Morgan fingerprint density at radius 2 is 1.88 bits per heavy atom. The molecule has 2 N–H and O–H groups in total. The van der Waals surface area contributed by atoms with Crippen LogP contribution in [0.4, 0.5) is 0 Å². The number of aromatic amines is 1. The number of aromatic nitrogens is 2. The topological polar surface area (TPSA) is 78.1 Å². The second kappa shape index (κ2) is 7.09. The molecule has 0 bridgehead atoms. The molecule has 138 valence electrons. The summed E-state index contributed by atoms with van der Waals surface area (Å²) in [6, 6.07) is 7.69. The number of hydrogen-bond donors (Lipinski definition) is 2. The summed E-state index contributed by atoms with van der Waals surface area (Å²) in [4.78, 5) is 34.7. The molecule has 2 amide bonds. The third-order valence-corrected chi connectivity index (χ3v) is 5.81. The van der Waals surface area contributed by atoms with E-state index in [1.54, 1.807) is 0 Å². The molecule has 1 saturated carbocycles. The van der Waals surface area contributed by atoms with Gasteiger partial charge in [-0.25, -0.2) is 4.98 Å². The molecule has 4 rings (SSSR count). The van der Waals surface area contributed by atoms with Crippen molar-refractivity contribution in [1.82, 2.24) is 20.2 Å². The number of piperidine rings is 1. The molecule has 2 aliphatic rings. The van der Waals surface area contributed by atoms with Crippen LogP contribution in [-0.2, 0) is 9.59 Å². The van der Waals surface area contributed by atoms with Gasteiger partial charge in [-0.05, 0) is 44.7 Å². The van der Waals surface area contributed by atoms with Gasteiger partial charge in [-0.1, -0.05) is 18.6 Å². The second-order valence-corrected chi connectivity index (χ2v) is 7.60. The Morgan fingerprint density at radius 1 is 1.15 bits per heavy atom. The first-order valence-electron chi connectivity index (χ1n) is 9.65. The lowest BCUT2D eigenvalue weighted by molar-refractivity contribution is -0.141. The number of nitrogens with zero attached hydrogens (tertiary/aromatic N) is 2. The minimum Gasteiger partial charge on any atom is -0.346 e. The van der Waals surface area contributed by atoms with Crippen LogP contribution in [-0.4, -0.2) is 39.8 Å². The molecule has 1 aliphatic carbocycles. The van der Waals surface area contributed by atoms with Gasteiger partial charge < -0.3 is 15.2 Å². The molecule has 0 radical (unpaired) electrons. The molecule has 0 spiro atoms. The van der Waals surface area contributed by atoms with Crippen LogP contribution in [0.3, 0.4) is 0 Å². The molecule has 1 aromatic heterocycles. The van der Waals surface area contributed by atoms with E-state index < -0.39 is 0 Å². The Labute approximate surface area is 153 Å². The van der Waals surface area contributed by atoms with Gasteiger partial charge in [0.15, 0.2) is 0 Å². The average Bonchev–Trinajstić information content (AvgIpc) is 3.04. The van der Waals surface area contributed by atoms with E-state index in [-0.39, 0.29) is 23.8 Å². The van der Waals surface area contributed by atoms with Gasteiger partial charge in [-0.3, -0.25) is 9.59 Å². The van der Waals surface area contributed by atoms with Crippen LogP contribution < -0.4 is 5.32 Å². The number of nitrogens with one attached hydrogen (secondary N) is 2. The molecular weight excluding hydrogens is 328 g/mol. The summed E-state index contributed by atoms with van der Waals surface area (Å²) < 4.78 is 0. The normalized spacial score (nSPS) is 20.0. The molecule has 2 aromatic rings. The van der Waals surface area contributed by atoms with E-state index in [4.69, 9.17) is 0 Å². The second-order valence-electron chi connectivity index (χ2n) is 7.60. The Morgan fingerprint density at radius 3 is 2.54 bits per heavy atom. The maximum atomic E-state index is 12.6. The number of rotatable bonds is 4. The minimum absolute atomic E-state index is 0.0210. The SMILES string of the molecule is CC(NC(=O)C1CCN(C(=O)C2CCC2)CC1)c1nc2ccccc2[nH]1. The lowest BCUT2D eigenvalue weighted by Crippen LogP contribution is -2.46. The van der Waals surface area contributed by atoms with Crippen LogP contribution in [0.2, 0.25) is 0 Å². The summed E-state index contributed by atoms with van der Waals surface area (Å²) in [5, 5.41) is 3.08. The molecule has 6 nitrogen and oxygen atoms in total. The number of likely N-dealkylation sites (tertiary alicyclic amines) is 1. The first-order valence-corrected chi connectivity index (χ1v) is 9.65. The maximum Gasteiger partial charge on any atom is 0.225 e.